The lowest BCUT2D eigenvalue weighted by atomic mass is 10.0. The Morgan fingerprint density at radius 2 is 1.66 bits per heavy atom. The first-order valence-corrected chi connectivity index (χ1v) is 13.5. The van der Waals surface area contributed by atoms with Crippen LogP contribution in [-0.4, -0.2) is 59.1 Å². The van der Waals surface area contributed by atoms with Crippen molar-refractivity contribution in [3.63, 3.8) is 0 Å². The van der Waals surface area contributed by atoms with Gasteiger partial charge in [-0.05, 0) is 41.1 Å². The predicted molar refractivity (Wildman–Crippen MR) is 159 cm³/mol. The number of hydrogen-bond donors (Lipinski definition) is 2. The number of para-hydroxylation sites is 1. The number of nitrogens with zero attached hydrogens (tertiary/aromatic N) is 4. The van der Waals surface area contributed by atoms with Crippen LogP contribution in [0.1, 0.15) is 5.56 Å². The van der Waals surface area contributed by atoms with Crippen LogP contribution < -0.4 is 19.6 Å². The first-order valence-electron chi connectivity index (χ1n) is 12.5. The molecule has 0 aliphatic carbocycles. The summed E-state index contributed by atoms with van der Waals surface area (Å²) in [7, 11) is 4.64. The summed E-state index contributed by atoms with van der Waals surface area (Å²) in [5.41, 5.74) is 4.55. The van der Waals surface area contributed by atoms with E-state index >= 15 is 0 Å². The van der Waals surface area contributed by atoms with Crippen LogP contribution in [0.25, 0.3) is 27.8 Å². The molecule has 0 fully saturated rings. The van der Waals surface area contributed by atoms with Crippen molar-refractivity contribution in [1.29, 1.82) is 0 Å². The maximum Gasteiger partial charge on any atom is 0.250 e. The number of aromatic nitrogens is 3. The number of ether oxygens (including phenoxy) is 3. The van der Waals surface area contributed by atoms with E-state index in [0.717, 1.165) is 16.5 Å². The van der Waals surface area contributed by atoms with Gasteiger partial charge < -0.3 is 19.3 Å². The highest BCUT2D eigenvalue weighted by atomic mass is 32.2. The molecule has 0 aliphatic rings. The Kier molecular flexibility index (Phi) is 8.35. The summed E-state index contributed by atoms with van der Waals surface area (Å²) < 4.78 is 18.4. The average Bonchev–Trinajstić information content (AvgIpc) is 3.44. The Morgan fingerprint density at radius 1 is 0.951 bits per heavy atom. The minimum absolute atomic E-state index is 0.0269. The van der Waals surface area contributed by atoms with Gasteiger partial charge in [0.05, 0.1) is 33.3 Å². The first-order chi connectivity index (χ1) is 20.0. The normalized spacial score (nSPS) is 11.1. The lowest BCUT2D eigenvalue weighted by Crippen LogP contribution is -2.20. The third kappa shape index (κ3) is 5.80. The summed E-state index contributed by atoms with van der Waals surface area (Å²) in [6.07, 6.45) is 1.44. The number of hydrogen-bond acceptors (Lipinski definition) is 9. The second kappa shape index (κ2) is 12.4. The number of rotatable bonds is 10. The Hall–Kier alpha value is -5.03. The predicted octanol–water partition coefficient (Wildman–Crippen LogP) is 5.06. The number of benzene rings is 4. The molecule has 1 amide bonds. The molecule has 208 valence electrons. The van der Waals surface area contributed by atoms with Gasteiger partial charge >= 0.3 is 0 Å². The second-order valence-electron chi connectivity index (χ2n) is 8.69. The molecule has 0 radical (unpaired) electrons. The van der Waals surface area contributed by atoms with Crippen molar-refractivity contribution in [2.75, 3.05) is 27.1 Å². The molecule has 1 aromatic heterocycles. The molecule has 0 aliphatic heterocycles. The van der Waals surface area contributed by atoms with Crippen molar-refractivity contribution >= 4 is 34.7 Å². The van der Waals surface area contributed by atoms with Crippen molar-refractivity contribution in [1.82, 2.24) is 20.2 Å². The number of thioether (sulfide) groups is 1. The van der Waals surface area contributed by atoms with Crippen LogP contribution in [-0.2, 0) is 4.79 Å². The molecule has 0 bridgehead atoms. The molecule has 10 nitrogen and oxygen atoms in total. The Labute approximate surface area is 240 Å². The number of phenols is 1. The van der Waals surface area contributed by atoms with E-state index in [1.807, 2.05) is 65.2 Å². The van der Waals surface area contributed by atoms with E-state index in [1.165, 1.54) is 18.0 Å². The Bertz CT molecular complexity index is 1700. The largest absolute Gasteiger partial charge is 0.507 e. The Morgan fingerprint density at radius 3 is 2.37 bits per heavy atom. The third-order valence-electron chi connectivity index (χ3n) is 6.23. The van der Waals surface area contributed by atoms with E-state index in [0.29, 0.717) is 39.4 Å². The van der Waals surface area contributed by atoms with Gasteiger partial charge in [0.2, 0.25) is 5.75 Å². The maximum atomic E-state index is 12.7. The van der Waals surface area contributed by atoms with E-state index in [1.54, 1.807) is 39.5 Å². The standard InChI is InChI=1S/C30H27N5O5S/c1-38-25-15-20(16-26(39-2)28(25)40-3)29-33-34-30(35(29)21-10-5-4-6-11-21)41-18-27(37)32-31-17-23-22-12-8-7-9-19(22)13-14-24(23)36/h4-17,36H,18H2,1-3H3,(H,32,37)/b31-17-. The topological polar surface area (TPSA) is 120 Å². The number of nitrogens with one attached hydrogen (secondary N) is 1. The molecule has 11 heteroatoms. The van der Waals surface area contributed by atoms with Crippen molar-refractivity contribution in [3.05, 3.63) is 84.4 Å². The smallest absolute Gasteiger partial charge is 0.250 e. The van der Waals surface area contributed by atoms with Crippen LogP contribution in [0.15, 0.2) is 89.1 Å². The van der Waals surface area contributed by atoms with Crippen molar-refractivity contribution in [3.8, 4) is 40.1 Å². The van der Waals surface area contributed by atoms with Gasteiger partial charge in [0.1, 0.15) is 5.75 Å². The summed E-state index contributed by atoms with van der Waals surface area (Å²) in [6.45, 7) is 0. The van der Waals surface area contributed by atoms with E-state index in [-0.39, 0.29) is 17.4 Å². The van der Waals surface area contributed by atoms with Crippen LogP contribution in [0.3, 0.4) is 0 Å². The average molecular weight is 570 g/mol. The highest BCUT2D eigenvalue weighted by molar-refractivity contribution is 7.99. The monoisotopic (exact) mass is 569 g/mol. The minimum Gasteiger partial charge on any atom is -0.507 e. The fourth-order valence-electron chi connectivity index (χ4n) is 4.32. The van der Waals surface area contributed by atoms with E-state index in [4.69, 9.17) is 14.2 Å². The summed E-state index contributed by atoms with van der Waals surface area (Å²) >= 11 is 1.21. The van der Waals surface area contributed by atoms with Crippen LogP contribution in [0.4, 0.5) is 0 Å². The van der Waals surface area contributed by atoms with Gasteiger partial charge in [-0.25, -0.2) is 5.43 Å². The molecule has 0 spiro atoms. The number of methoxy groups -OCH3 is 3. The number of fused-ring (bicyclic) bond motifs is 1. The highest BCUT2D eigenvalue weighted by Crippen LogP contribution is 2.41. The molecule has 2 N–H and O–H groups in total. The summed E-state index contributed by atoms with van der Waals surface area (Å²) in [6, 6.07) is 24.2. The number of hydrazone groups is 1. The summed E-state index contributed by atoms with van der Waals surface area (Å²) in [5.74, 6) is 1.71. The third-order valence-corrected chi connectivity index (χ3v) is 7.16. The second-order valence-corrected chi connectivity index (χ2v) is 9.64. The van der Waals surface area contributed by atoms with Gasteiger partial charge in [0.25, 0.3) is 5.91 Å². The summed E-state index contributed by atoms with van der Waals surface area (Å²) in [4.78, 5) is 12.7. The number of amides is 1. The molecule has 5 aromatic rings. The number of aromatic hydroxyl groups is 1. The summed E-state index contributed by atoms with van der Waals surface area (Å²) in [5, 5.41) is 25.5. The quantitative estimate of drug-likeness (QED) is 0.136. The molecule has 4 aromatic carbocycles. The van der Waals surface area contributed by atoms with Gasteiger partial charge in [-0.3, -0.25) is 9.36 Å². The zero-order valence-corrected chi connectivity index (χ0v) is 23.4. The van der Waals surface area contributed by atoms with Crippen molar-refractivity contribution in [2.45, 2.75) is 5.16 Å². The van der Waals surface area contributed by atoms with Crippen LogP contribution in [0, 0.1) is 0 Å². The molecule has 0 atom stereocenters. The zero-order chi connectivity index (χ0) is 28.8. The van der Waals surface area contributed by atoms with E-state index in [2.05, 4.69) is 20.7 Å². The molecule has 0 unspecified atom stereocenters. The van der Waals surface area contributed by atoms with Gasteiger partial charge in [0.15, 0.2) is 22.5 Å². The molecular formula is C30H27N5O5S. The van der Waals surface area contributed by atoms with Gasteiger partial charge in [0, 0.05) is 16.8 Å². The molecule has 1 heterocycles. The fraction of sp³-hybridized carbons (Fsp3) is 0.133. The Balaban J connectivity index is 1.39. The number of carbonyl (C=O) groups is 1. The van der Waals surface area contributed by atoms with Crippen LogP contribution >= 0.6 is 11.8 Å². The molecule has 0 saturated heterocycles. The first kappa shape index (κ1) is 27.5. The minimum atomic E-state index is -0.345. The van der Waals surface area contributed by atoms with E-state index in [9.17, 15) is 9.90 Å². The molecule has 41 heavy (non-hydrogen) atoms. The van der Waals surface area contributed by atoms with Crippen molar-refractivity contribution in [2.24, 2.45) is 5.10 Å². The van der Waals surface area contributed by atoms with Crippen LogP contribution in [0.5, 0.6) is 23.0 Å². The number of carbonyl (C=O) groups excluding carboxylic acids is 1. The number of phenolic OH excluding ortho intramolecular Hbond substituents is 1. The van der Waals surface area contributed by atoms with Gasteiger partial charge in [-0.15, -0.1) is 10.2 Å². The van der Waals surface area contributed by atoms with Gasteiger partial charge in [-0.1, -0.05) is 60.3 Å². The lowest BCUT2D eigenvalue weighted by Gasteiger charge is -2.15. The highest BCUT2D eigenvalue weighted by Gasteiger charge is 2.21. The molecule has 0 saturated carbocycles. The zero-order valence-electron chi connectivity index (χ0n) is 22.6. The lowest BCUT2D eigenvalue weighted by molar-refractivity contribution is -0.118. The maximum absolute atomic E-state index is 12.7. The fourth-order valence-corrected chi connectivity index (χ4v) is 5.07. The SMILES string of the molecule is COc1cc(-c2nnc(SCC(=O)N/N=C\c3c(O)ccc4ccccc34)n2-c2ccccc2)cc(OC)c1OC. The molecule has 5 rings (SSSR count). The van der Waals surface area contributed by atoms with E-state index < -0.39 is 0 Å². The molecular weight excluding hydrogens is 542 g/mol. The van der Waals surface area contributed by atoms with Crippen LogP contribution in [0.2, 0.25) is 0 Å². The van der Waals surface area contributed by atoms with Crippen molar-refractivity contribution < 1.29 is 24.1 Å². The van der Waals surface area contributed by atoms with Gasteiger partial charge in [-0.2, -0.15) is 5.10 Å².